The van der Waals surface area contributed by atoms with Gasteiger partial charge in [0.2, 0.25) is 0 Å². The van der Waals surface area contributed by atoms with E-state index in [2.05, 4.69) is 46.6 Å². The first kappa shape index (κ1) is 15.9. The maximum absolute atomic E-state index is 9.25. The predicted octanol–water partition coefficient (Wildman–Crippen LogP) is 4.29. The molecule has 2 aromatic carbocycles. The molecule has 0 bridgehead atoms. The maximum atomic E-state index is 9.25. The molecule has 0 aliphatic carbocycles. The average Bonchev–Trinajstić information content (AvgIpc) is 2.58. The van der Waals surface area contributed by atoms with Gasteiger partial charge in [-0.05, 0) is 30.5 Å². The Labute approximate surface area is 142 Å². The van der Waals surface area contributed by atoms with E-state index in [0.29, 0.717) is 16.6 Å². The first-order valence-corrected chi connectivity index (χ1v) is 8.35. The van der Waals surface area contributed by atoms with Gasteiger partial charge in [0.05, 0.1) is 16.3 Å². The molecule has 1 heterocycles. The van der Waals surface area contributed by atoms with Crippen LogP contribution in [0.2, 0.25) is 5.02 Å². The van der Waals surface area contributed by atoms with Crippen LogP contribution in [-0.2, 0) is 6.54 Å². The van der Waals surface area contributed by atoms with Crippen molar-refractivity contribution < 1.29 is 0 Å². The molecule has 23 heavy (non-hydrogen) atoms. The second-order valence-electron chi connectivity index (χ2n) is 5.95. The van der Waals surface area contributed by atoms with E-state index in [1.54, 1.807) is 6.07 Å². The Morgan fingerprint density at radius 3 is 2.52 bits per heavy atom. The minimum absolute atomic E-state index is 0.396. The molecule has 1 saturated heterocycles. The molecule has 2 aromatic rings. The maximum Gasteiger partial charge on any atom is 0.103 e. The number of piperidine rings is 1. The van der Waals surface area contributed by atoms with E-state index < -0.39 is 0 Å². The van der Waals surface area contributed by atoms with Crippen molar-refractivity contribution in [2.45, 2.75) is 25.4 Å². The number of halogens is 1. The van der Waals surface area contributed by atoms with Crippen molar-refractivity contribution in [1.82, 2.24) is 4.90 Å². The van der Waals surface area contributed by atoms with E-state index >= 15 is 0 Å². The molecule has 1 fully saturated rings. The van der Waals surface area contributed by atoms with Crippen molar-refractivity contribution >= 4 is 17.3 Å². The third kappa shape index (κ3) is 4.04. The van der Waals surface area contributed by atoms with Gasteiger partial charge in [-0.2, -0.15) is 5.26 Å². The molecule has 4 heteroatoms. The van der Waals surface area contributed by atoms with Crippen molar-refractivity contribution in [3.05, 3.63) is 64.7 Å². The summed E-state index contributed by atoms with van der Waals surface area (Å²) in [7, 11) is 0. The standard InChI is InChI=1S/C19H20ClN3/c20-18-7-4-8-19(17(18)13-21)22-16-9-11-23(12-10-16)14-15-5-2-1-3-6-15/h1-8,16,22H,9-12,14H2. The molecule has 0 unspecified atom stereocenters. The summed E-state index contributed by atoms with van der Waals surface area (Å²) in [5, 5.41) is 13.3. The van der Waals surface area contributed by atoms with Gasteiger partial charge < -0.3 is 5.32 Å². The van der Waals surface area contributed by atoms with Gasteiger partial charge in [-0.3, -0.25) is 4.90 Å². The number of rotatable bonds is 4. The third-order valence-electron chi connectivity index (χ3n) is 4.32. The summed E-state index contributed by atoms with van der Waals surface area (Å²) < 4.78 is 0. The predicted molar refractivity (Wildman–Crippen MR) is 94.5 cm³/mol. The lowest BCUT2D eigenvalue weighted by atomic mass is 10.0. The Morgan fingerprint density at radius 2 is 1.83 bits per heavy atom. The summed E-state index contributed by atoms with van der Waals surface area (Å²) in [5.74, 6) is 0. The lowest BCUT2D eigenvalue weighted by Crippen LogP contribution is -2.38. The fourth-order valence-corrected chi connectivity index (χ4v) is 3.27. The highest BCUT2D eigenvalue weighted by atomic mass is 35.5. The van der Waals surface area contributed by atoms with Crippen LogP contribution >= 0.6 is 11.6 Å². The van der Waals surface area contributed by atoms with Gasteiger partial charge in [-0.25, -0.2) is 0 Å². The second-order valence-corrected chi connectivity index (χ2v) is 6.36. The lowest BCUT2D eigenvalue weighted by Gasteiger charge is -2.33. The summed E-state index contributed by atoms with van der Waals surface area (Å²) in [5.41, 5.74) is 2.75. The zero-order valence-electron chi connectivity index (χ0n) is 13.0. The fourth-order valence-electron chi connectivity index (χ4n) is 3.05. The summed E-state index contributed by atoms with van der Waals surface area (Å²) in [6, 6.07) is 18.7. The Bertz CT molecular complexity index is 686. The first-order valence-electron chi connectivity index (χ1n) is 7.97. The molecule has 3 rings (SSSR count). The van der Waals surface area contributed by atoms with E-state index in [1.807, 2.05) is 12.1 Å². The van der Waals surface area contributed by atoms with E-state index in [9.17, 15) is 5.26 Å². The SMILES string of the molecule is N#Cc1c(Cl)cccc1NC1CCN(Cc2ccccc2)CC1. The van der Waals surface area contributed by atoms with Crippen LogP contribution < -0.4 is 5.32 Å². The highest BCUT2D eigenvalue weighted by Crippen LogP contribution is 2.26. The molecule has 1 N–H and O–H groups in total. The van der Waals surface area contributed by atoms with Crippen LogP contribution in [0.25, 0.3) is 0 Å². The minimum Gasteiger partial charge on any atom is -0.381 e. The van der Waals surface area contributed by atoms with E-state index in [0.717, 1.165) is 38.2 Å². The number of nitrogens with one attached hydrogen (secondary N) is 1. The Kier molecular flexibility index (Phi) is 5.17. The Hall–Kier alpha value is -2.02. The number of hydrogen-bond donors (Lipinski definition) is 1. The van der Waals surface area contributed by atoms with Crippen molar-refractivity contribution in [2.75, 3.05) is 18.4 Å². The smallest absolute Gasteiger partial charge is 0.103 e. The second kappa shape index (κ2) is 7.50. The minimum atomic E-state index is 0.396. The summed E-state index contributed by atoms with van der Waals surface area (Å²) in [4.78, 5) is 2.48. The molecule has 3 nitrogen and oxygen atoms in total. The lowest BCUT2D eigenvalue weighted by molar-refractivity contribution is 0.211. The fraction of sp³-hybridized carbons (Fsp3) is 0.316. The molecular weight excluding hydrogens is 306 g/mol. The molecular formula is C19H20ClN3. The van der Waals surface area contributed by atoms with Gasteiger partial charge in [0.15, 0.2) is 0 Å². The van der Waals surface area contributed by atoms with Crippen LogP contribution in [-0.4, -0.2) is 24.0 Å². The molecule has 118 valence electrons. The molecule has 0 aromatic heterocycles. The highest BCUT2D eigenvalue weighted by molar-refractivity contribution is 6.32. The van der Waals surface area contributed by atoms with Crippen molar-refractivity contribution in [1.29, 1.82) is 5.26 Å². The molecule has 1 aliphatic heterocycles. The zero-order chi connectivity index (χ0) is 16.1. The van der Waals surface area contributed by atoms with Crippen LogP contribution in [0.1, 0.15) is 24.0 Å². The zero-order valence-corrected chi connectivity index (χ0v) is 13.8. The molecule has 0 spiro atoms. The van der Waals surface area contributed by atoms with Gasteiger partial charge in [0, 0.05) is 25.7 Å². The monoisotopic (exact) mass is 325 g/mol. The topological polar surface area (TPSA) is 39.1 Å². The van der Waals surface area contributed by atoms with Gasteiger partial charge in [-0.1, -0.05) is 48.0 Å². The largest absolute Gasteiger partial charge is 0.381 e. The van der Waals surface area contributed by atoms with Crippen LogP contribution in [0.5, 0.6) is 0 Å². The van der Waals surface area contributed by atoms with Gasteiger partial charge >= 0.3 is 0 Å². The van der Waals surface area contributed by atoms with Crippen LogP contribution in [0.15, 0.2) is 48.5 Å². The van der Waals surface area contributed by atoms with E-state index in [1.165, 1.54) is 5.56 Å². The molecule has 0 amide bonds. The molecule has 0 atom stereocenters. The number of anilines is 1. The van der Waals surface area contributed by atoms with Crippen LogP contribution in [0.4, 0.5) is 5.69 Å². The Balaban J connectivity index is 1.56. The van der Waals surface area contributed by atoms with Crippen molar-refractivity contribution in [3.63, 3.8) is 0 Å². The van der Waals surface area contributed by atoms with Crippen molar-refractivity contribution in [3.8, 4) is 6.07 Å². The van der Waals surface area contributed by atoms with E-state index in [-0.39, 0.29) is 0 Å². The Morgan fingerprint density at radius 1 is 1.09 bits per heavy atom. The van der Waals surface area contributed by atoms with Gasteiger partial charge in [0.1, 0.15) is 6.07 Å². The number of nitrogens with zero attached hydrogens (tertiary/aromatic N) is 2. The summed E-state index contributed by atoms with van der Waals surface area (Å²) in [6.45, 7) is 3.14. The molecule has 0 saturated carbocycles. The highest BCUT2D eigenvalue weighted by Gasteiger charge is 2.20. The van der Waals surface area contributed by atoms with Gasteiger partial charge in [0.25, 0.3) is 0 Å². The average molecular weight is 326 g/mol. The number of nitriles is 1. The van der Waals surface area contributed by atoms with Gasteiger partial charge in [-0.15, -0.1) is 0 Å². The van der Waals surface area contributed by atoms with Crippen molar-refractivity contribution in [2.24, 2.45) is 0 Å². The molecule has 1 aliphatic rings. The number of benzene rings is 2. The number of hydrogen-bond acceptors (Lipinski definition) is 3. The van der Waals surface area contributed by atoms with E-state index in [4.69, 9.17) is 11.6 Å². The summed E-state index contributed by atoms with van der Waals surface area (Å²) in [6.07, 6.45) is 2.15. The quantitative estimate of drug-likeness (QED) is 0.911. The van der Waals surface area contributed by atoms with Crippen LogP contribution in [0, 0.1) is 11.3 Å². The normalized spacial score (nSPS) is 16.0. The summed E-state index contributed by atoms with van der Waals surface area (Å²) >= 11 is 6.09. The third-order valence-corrected chi connectivity index (χ3v) is 4.64. The molecule has 0 radical (unpaired) electrons. The van der Waals surface area contributed by atoms with Crippen LogP contribution in [0.3, 0.4) is 0 Å². The first-order chi connectivity index (χ1) is 11.3. The number of likely N-dealkylation sites (tertiary alicyclic amines) is 1.